The van der Waals surface area contributed by atoms with Crippen LogP contribution in [0.15, 0.2) is 10.3 Å². The second-order valence-corrected chi connectivity index (χ2v) is 7.92. The zero-order chi connectivity index (χ0) is 14.8. The van der Waals surface area contributed by atoms with E-state index >= 15 is 0 Å². The van der Waals surface area contributed by atoms with Gasteiger partial charge in [-0.15, -0.1) is 23.5 Å². The second-order valence-electron chi connectivity index (χ2n) is 5.39. The molecule has 1 aliphatic rings. The van der Waals surface area contributed by atoms with E-state index in [9.17, 15) is 4.79 Å². The highest BCUT2D eigenvalue weighted by molar-refractivity contribution is 8.22. The van der Waals surface area contributed by atoms with Crippen LogP contribution in [0.4, 0.5) is 0 Å². The highest BCUT2D eigenvalue weighted by Gasteiger charge is 2.19. The Labute approximate surface area is 132 Å². The molecule has 1 saturated heterocycles. The summed E-state index contributed by atoms with van der Waals surface area (Å²) in [7, 11) is 0. The summed E-state index contributed by atoms with van der Waals surface area (Å²) in [6.45, 7) is 5.91. The minimum atomic E-state index is -0.153. The maximum atomic E-state index is 11.3. The molecular formula is C16H28O2S2. The van der Waals surface area contributed by atoms with Crippen LogP contribution in [-0.4, -0.2) is 23.6 Å². The Morgan fingerprint density at radius 2 is 2.00 bits per heavy atom. The molecule has 1 rings (SSSR count). The van der Waals surface area contributed by atoms with Gasteiger partial charge in [-0.05, 0) is 30.8 Å². The van der Waals surface area contributed by atoms with E-state index in [2.05, 4.69) is 19.9 Å². The number of hydrogen-bond donors (Lipinski definition) is 0. The molecule has 0 aromatic heterocycles. The predicted octanol–water partition coefficient (Wildman–Crippen LogP) is 5.24. The van der Waals surface area contributed by atoms with E-state index in [0.29, 0.717) is 5.92 Å². The van der Waals surface area contributed by atoms with Crippen molar-refractivity contribution in [3.8, 4) is 0 Å². The number of hydrogen-bond acceptors (Lipinski definition) is 4. The van der Waals surface area contributed by atoms with Crippen LogP contribution in [0.1, 0.15) is 59.3 Å². The topological polar surface area (TPSA) is 26.3 Å². The maximum Gasteiger partial charge on any atom is 0.302 e. The number of ether oxygens (including phenoxy) is 1. The Morgan fingerprint density at radius 3 is 2.60 bits per heavy atom. The van der Waals surface area contributed by atoms with Crippen molar-refractivity contribution in [3.05, 3.63) is 10.3 Å². The number of esters is 1. The highest BCUT2D eigenvalue weighted by Crippen LogP contribution is 2.36. The second kappa shape index (κ2) is 10.6. The lowest BCUT2D eigenvalue weighted by molar-refractivity contribution is -0.148. The molecule has 1 fully saturated rings. The third-order valence-corrected chi connectivity index (χ3v) is 5.96. The van der Waals surface area contributed by atoms with Crippen LogP contribution < -0.4 is 0 Å². The molecule has 0 spiro atoms. The molecule has 0 aliphatic carbocycles. The van der Waals surface area contributed by atoms with E-state index in [-0.39, 0.29) is 12.1 Å². The SMILES string of the molecule is CCCCCC[C@@H](OC(C)=O)[C@@H](C)C=C1SCCCS1. The van der Waals surface area contributed by atoms with Gasteiger partial charge in [0.1, 0.15) is 6.10 Å². The predicted molar refractivity (Wildman–Crippen MR) is 91.1 cm³/mol. The normalized spacial score (nSPS) is 18.4. The molecule has 116 valence electrons. The van der Waals surface area contributed by atoms with E-state index in [1.54, 1.807) is 0 Å². The third kappa shape index (κ3) is 7.63. The first kappa shape index (κ1) is 18.0. The molecule has 1 aliphatic heterocycles. The molecule has 0 radical (unpaired) electrons. The van der Waals surface area contributed by atoms with E-state index in [4.69, 9.17) is 4.74 Å². The molecule has 0 aromatic carbocycles. The zero-order valence-corrected chi connectivity index (χ0v) is 14.7. The largest absolute Gasteiger partial charge is 0.462 e. The van der Waals surface area contributed by atoms with Gasteiger partial charge >= 0.3 is 5.97 Å². The van der Waals surface area contributed by atoms with Crippen LogP contribution in [0.3, 0.4) is 0 Å². The summed E-state index contributed by atoms with van der Waals surface area (Å²) in [5, 5.41) is 0. The Bertz CT molecular complexity index is 308. The number of thioether (sulfide) groups is 2. The Balaban J connectivity index is 2.49. The van der Waals surface area contributed by atoms with E-state index in [0.717, 1.165) is 12.8 Å². The van der Waals surface area contributed by atoms with E-state index in [1.807, 2.05) is 23.5 Å². The molecule has 20 heavy (non-hydrogen) atoms. The lowest BCUT2D eigenvalue weighted by atomic mass is 9.98. The summed E-state index contributed by atoms with van der Waals surface area (Å²) in [5.41, 5.74) is 0. The van der Waals surface area contributed by atoms with Gasteiger partial charge in [0.05, 0.1) is 0 Å². The molecule has 0 bridgehead atoms. The van der Waals surface area contributed by atoms with Gasteiger partial charge in [0.25, 0.3) is 0 Å². The Morgan fingerprint density at radius 1 is 1.30 bits per heavy atom. The molecule has 0 amide bonds. The average Bonchev–Trinajstić information content (AvgIpc) is 2.43. The zero-order valence-electron chi connectivity index (χ0n) is 13.0. The fourth-order valence-electron chi connectivity index (χ4n) is 2.28. The summed E-state index contributed by atoms with van der Waals surface area (Å²) >= 11 is 3.89. The van der Waals surface area contributed by atoms with E-state index < -0.39 is 0 Å². The highest BCUT2D eigenvalue weighted by atomic mass is 32.2. The van der Waals surface area contributed by atoms with Crippen molar-refractivity contribution in [2.45, 2.75) is 65.4 Å². The monoisotopic (exact) mass is 316 g/mol. The molecule has 0 unspecified atom stereocenters. The standard InChI is InChI=1S/C16H28O2S2/c1-4-5-6-7-9-15(18-14(3)17)13(2)12-16-19-10-8-11-20-16/h12-13,15H,4-11H2,1-3H3/t13-,15+/m0/s1. The first-order chi connectivity index (χ1) is 9.63. The number of rotatable bonds is 8. The van der Waals surface area contributed by atoms with Crippen molar-refractivity contribution in [3.63, 3.8) is 0 Å². The number of carbonyl (C=O) groups excluding carboxylic acids is 1. The van der Waals surface area contributed by atoms with Gasteiger partial charge in [-0.1, -0.05) is 39.2 Å². The summed E-state index contributed by atoms with van der Waals surface area (Å²) < 4.78 is 6.94. The molecule has 0 N–H and O–H groups in total. The summed E-state index contributed by atoms with van der Waals surface area (Å²) in [6, 6.07) is 0. The van der Waals surface area contributed by atoms with Gasteiger partial charge in [0.15, 0.2) is 0 Å². The summed E-state index contributed by atoms with van der Waals surface area (Å²) in [5.74, 6) is 2.61. The van der Waals surface area contributed by atoms with Crippen LogP contribution in [0, 0.1) is 5.92 Å². The average molecular weight is 317 g/mol. The van der Waals surface area contributed by atoms with Crippen molar-refractivity contribution in [1.29, 1.82) is 0 Å². The smallest absolute Gasteiger partial charge is 0.302 e. The Hall–Kier alpha value is -0.0900. The van der Waals surface area contributed by atoms with Crippen molar-refractivity contribution in [2.75, 3.05) is 11.5 Å². The number of unbranched alkanes of at least 4 members (excludes halogenated alkanes) is 3. The fraction of sp³-hybridized carbons (Fsp3) is 0.812. The van der Waals surface area contributed by atoms with Crippen molar-refractivity contribution in [1.82, 2.24) is 0 Å². The summed E-state index contributed by atoms with van der Waals surface area (Å²) in [4.78, 5) is 11.3. The van der Waals surface area contributed by atoms with Crippen molar-refractivity contribution in [2.24, 2.45) is 5.92 Å². The quantitative estimate of drug-likeness (QED) is 0.452. The van der Waals surface area contributed by atoms with Crippen LogP contribution in [0.2, 0.25) is 0 Å². The van der Waals surface area contributed by atoms with Crippen LogP contribution in [-0.2, 0) is 9.53 Å². The minimum absolute atomic E-state index is 0.0417. The fourth-order valence-corrected chi connectivity index (χ4v) is 4.90. The van der Waals surface area contributed by atoms with Gasteiger partial charge in [-0.2, -0.15) is 0 Å². The van der Waals surface area contributed by atoms with Crippen LogP contribution >= 0.6 is 23.5 Å². The van der Waals surface area contributed by atoms with E-state index in [1.165, 1.54) is 48.3 Å². The molecule has 0 aromatic rings. The van der Waals surface area contributed by atoms with Crippen LogP contribution in [0.25, 0.3) is 0 Å². The van der Waals surface area contributed by atoms with Gasteiger partial charge < -0.3 is 4.74 Å². The van der Waals surface area contributed by atoms with Crippen molar-refractivity contribution >= 4 is 29.5 Å². The first-order valence-electron chi connectivity index (χ1n) is 7.78. The van der Waals surface area contributed by atoms with Crippen LogP contribution in [0.5, 0.6) is 0 Å². The molecule has 0 saturated carbocycles. The summed E-state index contributed by atoms with van der Waals surface area (Å²) in [6.07, 6.45) is 9.53. The van der Waals surface area contributed by atoms with Gasteiger partial charge in [-0.3, -0.25) is 4.79 Å². The first-order valence-corrected chi connectivity index (χ1v) is 9.75. The number of carbonyl (C=O) groups is 1. The van der Waals surface area contributed by atoms with Gasteiger partial charge in [-0.25, -0.2) is 0 Å². The van der Waals surface area contributed by atoms with Crippen molar-refractivity contribution < 1.29 is 9.53 Å². The van der Waals surface area contributed by atoms with Gasteiger partial charge in [0.2, 0.25) is 0 Å². The lowest BCUT2D eigenvalue weighted by Crippen LogP contribution is -2.23. The van der Waals surface area contributed by atoms with Gasteiger partial charge in [0, 0.05) is 17.1 Å². The molecular weight excluding hydrogens is 288 g/mol. The molecule has 2 nitrogen and oxygen atoms in total. The molecule has 4 heteroatoms. The minimum Gasteiger partial charge on any atom is -0.462 e. The maximum absolute atomic E-state index is 11.3. The molecule has 1 heterocycles. The Kier molecular flexibility index (Phi) is 9.53. The lowest BCUT2D eigenvalue weighted by Gasteiger charge is -2.23. The third-order valence-electron chi connectivity index (χ3n) is 3.42. The molecule has 2 atom stereocenters.